The van der Waals surface area contributed by atoms with E-state index < -0.39 is 26.6 Å². The molecule has 0 aliphatic carbocycles. The molecule has 2 rings (SSSR count). The topological polar surface area (TPSA) is 66.5 Å². The normalized spacial score (nSPS) is 11.5. The summed E-state index contributed by atoms with van der Waals surface area (Å²) in [5, 5.41) is 3.01. The standard InChI is InChI=1S/C15H14ClFN2O3S/c1-19(2)23(21,22)14-8-10(6-7-13(14)17)15(20)18-12-5-3-4-11(16)9-12/h3-9H,1-2H3,(H,18,20). The Morgan fingerprint density at radius 2 is 1.87 bits per heavy atom. The number of nitrogens with zero attached hydrogens (tertiary/aromatic N) is 1. The zero-order valence-corrected chi connectivity index (χ0v) is 14.0. The van der Waals surface area contributed by atoms with E-state index in [-0.39, 0.29) is 5.56 Å². The van der Waals surface area contributed by atoms with Crippen LogP contribution in [0.4, 0.5) is 10.1 Å². The van der Waals surface area contributed by atoms with Crippen LogP contribution >= 0.6 is 11.6 Å². The fourth-order valence-electron chi connectivity index (χ4n) is 1.81. The molecular weight excluding hydrogens is 343 g/mol. The van der Waals surface area contributed by atoms with Crippen LogP contribution in [0.1, 0.15) is 10.4 Å². The Bertz CT molecular complexity index is 854. The molecule has 0 aromatic heterocycles. The number of nitrogens with one attached hydrogen (secondary N) is 1. The second-order valence-electron chi connectivity index (χ2n) is 4.90. The third-order valence-corrected chi connectivity index (χ3v) is 5.10. The summed E-state index contributed by atoms with van der Waals surface area (Å²) in [6.07, 6.45) is 0. The Balaban J connectivity index is 2.36. The second kappa shape index (κ2) is 6.66. The van der Waals surface area contributed by atoms with Gasteiger partial charge in [-0.2, -0.15) is 0 Å². The van der Waals surface area contributed by atoms with Gasteiger partial charge in [-0.3, -0.25) is 4.79 Å². The Morgan fingerprint density at radius 1 is 1.17 bits per heavy atom. The smallest absolute Gasteiger partial charge is 0.255 e. The maximum Gasteiger partial charge on any atom is 0.255 e. The van der Waals surface area contributed by atoms with Gasteiger partial charge in [-0.15, -0.1) is 0 Å². The summed E-state index contributed by atoms with van der Waals surface area (Å²) < 4.78 is 38.8. The minimum Gasteiger partial charge on any atom is -0.322 e. The summed E-state index contributed by atoms with van der Waals surface area (Å²) >= 11 is 5.83. The molecule has 2 aromatic rings. The molecule has 23 heavy (non-hydrogen) atoms. The van der Waals surface area contributed by atoms with Gasteiger partial charge in [-0.25, -0.2) is 17.1 Å². The van der Waals surface area contributed by atoms with Crippen molar-refractivity contribution in [1.82, 2.24) is 4.31 Å². The van der Waals surface area contributed by atoms with Gasteiger partial charge in [0.25, 0.3) is 5.91 Å². The maximum atomic E-state index is 13.8. The van der Waals surface area contributed by atoms with Crippen molar-refractivity contribution in [1.29, 1.82) is 0 Å². The quantitative estimate of drug-likeness (QED) is 0.915. The third kappa shape index (κ3) is 3.87. The van der Waals surface area contributed by atoms with Crippen molar-refractivity contribution in [2.24, 2.45) is 0 Å². The maximum absolute atomic E-state index is 13.8. The minimum atomic E-state index is -3.99. The third-order valence-electron chi connectivity index (χ3n) is 3.03. The first-order valence-electron chi connectivity index (χ1n) is 6.51. The summed E-state index contributed by atoms with van der Waals surface area (Å²) in [7, 11) is -1.42. The fraction of sp³-hybridized carbons (Fsp3) is 0.133. The lowest BCUT2D eigenvalue weighted by Crippen LogP contribution is -2.24. The molecule has 5 nitrogen and oxygen atoms in total. The van der Waals surface area contributed by atoms with E-state index in [1.165, 1.54) is 20.2 Å². The molecule has 0 fully saturated rings. The van der Waals surface area contributed by atoms with Gasteiger partial charge in [0.1, 0.15) is 10.7 Å². The molecule has 0 bridgehead atoms. The number of sulfonamides is 1. The van der Waals surface area contributed by atoms with Gasteiger partial charge in [0.15, 0.2) is 0 Å². The lowest BCUT2D eigenvalue weighted by molar-refractivity contribution is 0.102. The van der Waals surface area contributed by atoms with Gasteiger partial charge in [-0.05, 0) is 36.4 Å². The summed E-state index contributed by atoms with van der Waals surface area (Å²) in [5.41, 5.74) is 0.468. The number of hydrogen-bond donors (Lipinski definition) is 1. The summed E-state index contributed by atoms with van der Waals surface area (Å²) in [6, 6.07) is 9.64. The molecule has 0 saturated carbocycles. The van der Waals surface area contributed by atoms with Gasteiger partial charge >= 0.3 is 0 Å². The van der Waals surface area contributed by atoms with Crippen molar-refractivity contribution in [2.45, 2.75) is 4.90 Å². The Labute approximate surface area is 138 Å². The van der Waals surface area contributed by atoms with E-state index in [1.807, 2.05) is 0 Å². The summed E-state index contributed by atoms with van der Waals surface area (Å²) in [4.78, 5) is 11.6. The number of hydrogen-bond acceptors (Lipinski definition) is 3. The van der Waals surface area contributed by atoms with E-state index in [0.29, 0.717) is 10.7 Å². The van der Waals surface area contributed by atoms with E-state index in [0.717, 1.165) is 16.4 Å². The second-order valence-corrected chi connectivity index (χ2v) is 7.45. The molecular formula is C15H14ClFN2O3S. The number of benzene rings is 2. The highest BCUT2D eigenvalue weighted by atomic mass is 35.5. The molecule has 0 radical (unpaired) electrons. The van der Waals surface area contributed by atoms with E-state index in [9.17, 15) is 17.6 Å². The average molecular weight is 357 g/mol. The Kier molecular flexibility index (Phi) is 5.03. The van der Waals surface area contributed by atoms with Gasteiger partial charge in [0.05, 0.1) is 0 Å². The van der Waals surface area contributed by atoms with E-state index in [4.69, 9.17) is 11.6 Å². The first-order chi connectivity index (χ1) is 10.7. The van der Waals surface area contributed by atoms with Gasteiger partial charge in [-0.1, -0.05) is 17.7 Å². The zero-order chi connectivity index (χ0) is 17.2. The predicted octanol–water partition coefficient (Wildman–Crippen LogP) is 2.98. The molecule has 0 aliphatic rings. The number of carbonyl (C=O) groups is 1. The van der Waals surface area contributed by atoms with Crippen LogP contribution in [-0.4, -0.2) is 32.7 Å². The molecule has 1 amide bonds. The lowest BCUT2D eigenvalue weighted by Gasteiger charge is -2.13. The lowest BCUT2D eigenvalue weighted by atomic mass is 10.2. The monoisotopic (exact) mass is 356 g/mol. The Morgan fingerprint density at radius 3 is 2.48 bits per heavy atom. The largest absolute Gasteiger partial charge is 0.322 e. The van der Waals surface area contributed by atoms with Crippen LogP contribution in [0.5, 0.6) is 0 Å². The molecule has 0 saturated heterocycles. The van der Waals surface area contributed by atoms with Crippen LogP contribution in [0.25, 0.3) is 0 Å². The van der Waals surface area contributed by atoms with Crippen LogP contribution in [0.3, 0.4) is 0 Å². The summed E-state index contributed by atoms with van der Waals surface area (Å²) in [5.74, 6) is -1.49. The van der Waals surface area contributed by atoms with Gasteiger partial charge in [0, 0.05) is 30.4 Å². The molecule has 122 valence electrons. The van der Waals surface area contributed by atoms with E-state index in [2.05, 4.69) is 5.32 Å². The fourth-order valence-corrected chi connectivity index (χ4v) is 2.98. The zero-order valence-electron chi connectivity index (χ0n) is 12.4. The predicted molar refractivity (Wildman–Crippen MR) is 86.7 cm³/mol. The van der Waals surface area contributed by atoms with Crippen molar-refractivity contribution < 1.29 is 17.6 Å². The van der Waals surface area contributed by atoms with E-state index in [1.54, 1.807) is 24.3 Å². The molecule has 2 aromatic carbocycles. The highest BCUT2D eigenvalue weighted by Crippen LogP contribution is 2.21. The highest BCUT2D eigenvalue weighted by Gasteiger charge is 2.23. The molecule has 1 N–H and O–H groups in total. The van der Waals surface area contributed by atoms with Crippen molar-refractivity contribution in [3.05, 3.63) is 58.9 Å². The van der Waals surface area contributed by atoms with E-state index >= 15 is 0 Å². The van der Waals surface area contributed by atoms with Crippen molar-refractivity contribution in [2.75, 3.05) is 19.4 Å². The van der Waals surface area contributed by atoms with Gasteiger partial charge in [0.2, 0.25) is 10.0 Å². The SMILES string of the molecule is CN(C)S(=O)(=O)c1cc(C(=O)Nc2cccc(Cl)c2)ccc1F. The highest BCUT2D eigenvalue weighted by molar-refractivity contribution is 7.89. The first kappa shape index (κ1) is 17.4. The molecule has 0 aliphatic heterocycles. The van der Waals surface area contributed by atoms with Crippen LogP contribution < -0.4 is 5.32 Å². The number of halogens is 2. The molecule has 8 heteroatoms. The van der Waals surface area contributed by atoms with Crippen LogP contribution in [0.15, 0.2) is 47.4 Å². The average Bonchev–Trinajstić information content (AvgIpc) is 2.47. The van der Waals surface area contributed by atoms with Crippen molar-refractivity contribution in [3.63, 3.8) is 0 Å². The van der Waals surface area contributed by atoms with Crippen molar-refractivity contribution >= 4 is 33.2 Å². The number of rotatable bonds is 4. The van der Waals surface area contributed by atoms with Gasteiger partial charge < -0.3 is 5.32 Å². The number of amides is 1. The van der Waals surface area contributed by atoms with Crippen LogP contribution in [-0.2, 0) is 10.0 Å². The van der Waals surface area contributed by atoms with Crippen LogP contribution in [0, 0.1) is 5.82 Å². The van der Waals surface area contributed by atoms with Crippen molar-refractivity contribution in [3.8, 4) is 0 Å². The molecule has 0 atom stereocenters. The Hall–Kier alpha value is -1.96. The number of carbonyl (C=O) groups excluding carboxylic acids is 1. The number of anilines is 1. The van der Waals surface area contributed by atoms with Crippen LogP contribution in [0.2, 0.25) is 5.02 Å². The molecule has 0 heterocycles. The molecule has 0 spiro atoms. The first-order valence-corrected chi connectivity index (χ1v) is 8.32. The molecule has 0 unspecified atom stereocenters. The minimum absolute atomic E-state index is 0.0202. The summed E-state index contributed by atoms with van der Waals surface area (Å²) in [6.45, 7) is 0.